The monoisotopic (exact) mass is 254 g/mol. The minimum absolute atomic E-state index is 0.351. The van der Waals surface area contributed by atoms with Crippen molar-refractivity contribution in [2.45, 2.75) is 0 Å². The fraction of sp³-hybridized carbons (Fsp3) is 0.0769. The molecule has 2 aromatic rings. The molecule has 0 aliphatic heterocycles. The highest BCUT2D eigenvalue weighted by molar-refractivity contribution is 6.05. The molecule has 6 heteroatoms. The number of anilines is 1. The number of nitriles is 1. The summed E-state index contributed by atoms with van der Waals surface area (Å²) in [7, 11) is 1.47. The molecular weight excluding hydrogens is 244 g/mol. The number of nitrogens with zero attached hydrogens (tertiary/aromatic N) is 3. The van der Waals surface area contributed by atoms with Crippen molar-refractivity contribution >= 4 is 11.7 Å². The molecule has 2 rings (SSSR count). The number of rotatable bonds is 3. The Morgan fingerprint density at radius 2 is 2.21 bits per heavy atom. The standard InChI is InChI=1S/C13H10N4O2/c1-19-11-8-15-5-4-10(11)13(18)17-12-3-2-9(6-14)7-16-12/h2-5,7-8H,1H3,(H,16,17,18). The number of carbonyl (C=O) groups excluding carboxylic acids is 1. The Balaban J connectivity index is 2.18. The normalized spacial score (nSPS) is 9.47. The van der Waals surface area contributed by atoms with Gasteiger partial charge in [0.05, 0.1) is 24.4 Å². The molecule has 0 aliphatic rings. The van der Waals surface area contributed by atoms with Crippen molar-refractivity contribution in [3.63, 3.8) is 0 Å². The second-order valence-corrected chi connectivity index (χ2v) is 3.57. The zero-order chi connectivity index (χ0) is 13.7. The molecule has 1 amide bonds. The summed E-state index contributed by atoms with van der Waals surface area (Å²) in [6.07, 6.45) is 4.35. The lowest BCUT2D eigenvalue weighted by Gasteiger charge is -2.07. The number of hydrogen-bond acceptors (Lipinski definition) is 5. The van der Waals surface area contributed by atoms with Gasteiger partial charge >= 0.3 is 0 Å². The Labute approximate surface area is 109 Å². The SMILES string of the molecule is COc1cnccc1C(=O)Nc1ccc(C#N)cn1. The van der Waals surface area contributed by atoms with Crippen molar-refractivity contribution in [1.82, 2.24) is 9.97 Å². The topological polar surface area (TPSA) is 87.9 Å². The molecule has 0 saturated carbocycles. The molecule has 19 heavy (non-hydrogen) atoms. The molecule has 94 valence electrons. The number of ether oxygens (including phenoxy) is 1. The number of pyridine rings is 2. The maximum atomic E-state index is 12.0. The maximum Gasteiger partial charge on any atom is 0.260 e. The lowest BCUT2D eigenvalue weighted by molar-refractivity contribution is 0.102. The largest absolute Gasteiger partial charge is 0.494 e. The first-order valence-electron chi connectivity index (χ1n) is 5.40. The van der Waals surface area contributed by atoms with Gasteiger partial charge in [0.2, 0.25) is 0 Å². The minimum Gasteiger partial charge on any atom is -0.494 e. The van der Waals surface area contributed by atoms with E-state index in [-0.39, 0.29) is 5.91 Å². The first-order valence-corrected chi connectivity index (χ1v) is 5.40. The van der Waals surface area contributed by atoms with Crippen molar-refractivity contribution in [2.75, 3.05) is 12.4 Å². The van der Waals surface area contributed by atoms with Crippen LogP contribution in [0.4, 0.5) is 5.82 Å². The van der Waals surface area contributed by atoms with Crippen molar-refractivity contribution in [3.8, 4) is 11.8 Å². The Bertz CT molecular complexity index is 632. The van der Waals surface area contributed by atoms with E-state index < -0.39 is 0 Å². The van der Waals surface area contributed by atoms with Gasteiger partial charge in [-0.2, -0.15) is 5.26 Å². The molecule has 0 unspecified atom stereocenters. The summed E-state index contributed by atoms with van der Waals surface area (Å²) in [5.74, 6) is 0.396. The second-order valence-electron chi connectivity index (χ2n) is 3.57. The van der Waals surface area contributed by atoms with E-state index in [4.69, 9.17) is 10.00 Å². The molecule has 6 nitrogen and oxygen atoms in total. The molecule has 2 heterocycles. The predicted octanol–water partition coefficient (Wildman–Crippen LogP) is 1.61. The molecule has 0 atom stereocenters. The molecule has 0 radical (unpaired) electrons. The summed E-state index contributed by atoms with van der Waals surface area (Å²) in [6, 6.07) is 6.64. The van der Waals surface area contributed by atoms with Gasteiger partial charge in [-0.25, -0.2) is 4.98 Å². The number of aromatic nitrogens is 2. The van der Waals surface area contributed by atoms with E-state index in [2.05, 4.69) is 15.3 Å². The van der Waals surface area contributed by atoms with Crippen molar-refractivity contribution < 1.29 is 9.53 Å². The molecule has 1 N–H and O–H groups in total. The van der Waals surface area contributed by atoms with Gasteiger partial charge in [0, 0.05) is 12.4 Å². The van der Waals surface area contributed by atoms with E-state index in [0.717, 1.165) is 0 Å². The van der Waals surface area contributed by atoms with E-state index in [0.29, 0.717) is 22.7 Å². The predicted molar refractivity (Wildman–Crippen MR) is 67.7 cm³/mol. The number of amides is 1. The summed E-state index contributed by atoms with van der Waals surface area (Å²) >= 11 is 0. The maximum absolute atomic E-state index is 12.0. The quantitative estimate of drug-likeness (QED) is 0.898. The van der Waals surface area contributed by atoms with E-state index in [9.17, 15) is 4.79 Å². The van der Waals surface area contributed by atoms with Gasteiger partial charge in [-0.3, -0.25) is 9.78 Å². The smallest absolute Gasteiger partial charge is 0.260 e. The van der Waals surface area contributed by atoms with E-state index >= 15 is 0 Å². The van der Waals surface area contributed by atoms with Gasteiger partial charge in [0.1, 0.15) is 17.6 Å². The third-order valence-electron chi connectivity index (χ3n) is 2.38. The van der Waals surface area contributed by atoms with Crippen molar-refractivity contribution in [1.29, 1.82) is 5.26 Å². The van der Waals surface area contributed by atoms with Crippen molar-refractivity contribution in [2.24, 2.45) is 0 Å². The van der Waals surface area contributed by atoms with Crippen LogP contribution in [0.5, 0.6) is 5.75 Å². The molecule has 0 saturated heterocycles. The zero-order valence-electron chi connectivity index (χ0n) is 10.1. The lowest BCUT2D eigenvalue weighted by atomic mass is 10.2. The highest BCUT2D eigenvalue weighted by Crippen LogP contribution is 2.17. The summed E-state index contributed by atoms with van der Waals surface area (Å²) in [5, 5.41) is 11.3. The molecule has 2 aromatic heterocycles. The zero-order valence-corrected chi connectivity index (χ0v) is 10.1. The van der Waals surface area contributed by atoms with E-state index in [1.165, 1.54) is 25.7 Å². The lowest BCUT2D eigenvalue weighted by Crippen LogP contribution is -2.14. The van der Waals surface area contributed by atoms with Gasteiger partial charge < -0.3 is 10.1 Å². The minimum atomic E-state index is -0.351. The Morgan fingerprint density at radius 1 is 1.37 bits per heavy atom. The third-order valence-corrected chi connectivity index (χ3v) is 2.38. The van der Waals surface area contributed by atoms with Crippen LogP contribution in [0, 0.1) is 11.3 Å². The Morgan fingerprint density at radius 3 is 2.84 bits per heavy atom. The van der Waals surface area contributed by atoms with Crippen LogP contribution in [-0.2, 0) is 0 Å². The first-order chi connectivity index (χ1) is 9.24. The summed E-state index contributed by atoms with van der Waals surface area (Å²) in [6.45, 7) is 0. The number of nitrogens with one attached hydrogen (secondary N) is 1. The van der Waals surface area contributed by atoms with Crippen LogP contribution in [0.3, 0.4) is 0 Å². The van der Waals surface area contributed by atoms with Gasteiger partial charge in [-0.1, -0.05) is 0 Å². The van der Waals surface area contributed by atoms with Crippen LogP contribution < -0.4 is 10.1 Å². The highest BCUT2D eigenvalue weighted by Gasteiger charge is 2.12. The Kier molecular flexibility index (Phi) is 3.69. The second kappa shape index (κ2) is 5.60. The average Bonchev–Trinajstić information content (AvgIpc) is 2.48. The summed E-state index contributed by atoms with van der Waals surface area (Å²) in [5.41, 5.74) is 0.795. The third kappa shape index (κ3) is 2.84. The van der Waals surface area contributed by atoms with Crippen LogP contribution in [-0.4, -0.2) is 23.0 Å². The molecule has 0 fully saturated rings. The summed E-state index contributed by atoms with van der Waals surface area (Å²) in [4.78, 5) is 19.9. The van der Waals surface area contributed by atoms with Crippen LogP contribution in [0.25, 0.3) is 0 Å². The van der Waals surface area contributed by atoms with Gasteiger partial charge in [-0.15, -0.1) is 0 Å². The fourth-order valence-electron chi connectivity index (χ4n) is 1.45. The van der Waals surface area contributed by atoms with Crippen LogP contribution in [0.2, 0.25) is 0 Å². The fourth-order valence-corrected chi connectivity index (χ4v) is 1.45. The number of methoxy groups -OCH3 is 1. The van der Waals surface area contributed by atoms with Crippen LogP contribution in [0.15, 0.2) is 36.8 Å². The van der Waals surface area contributed by atoms with Crippen LogP contribution >= 0.6 is 0 Å². The van der Waals surface area contributed by atoms with E-state index in [1.54, 1.807) is 18.2 Å². The van der Waals surface area contributed by atoms with E-state index in [1.807, 2.05) is 6.07 Å². The van der Waals surface area contributed by atoms with Gasteiger partial charge in [-0.05, 0) is 18.2 Å². The number of carbonyl (C=O) groups is 1. The average molecular weight is 254 g/mol. The van der Waals surface area contributed by atoms with Crippen molar-refractivity contribution in [3.05, 3.63) is 47.9 Å². The summed E-state index contributed by atoms with van der Waals surface area (Å²) < 4.78 is 5.05. The Hall–Kier alpha value is -2.94. The molecule has 0 aromatic carbocycles. The number of hydrogen-bond donors (Lipinski definition) is 1. The molecule has 0 bridgehead atoms. The first kappa shape index (κ1) is 12.5. The van der Waals surface area contributed by atoms with Gasteiger partial charge in [0.15, 0.2) is 0 Å². The molecule has 0 aliphatic carbocycles. The molecular formula is C13H10N4O2. The van der Waals surface area contributed by atoms with Crippen LogP contribution in [0.1, 0.15) is 15.9 Å². The molecule has 0 spiro atoms. The van der Waals surface area contributed by atoms with Gasteiger partial charge in [0.25, 0.3) is 5.91 Å². The highest BCUT2D eigenvalue weighted by atomic mass is 16.5.